The molecule has 1 N–H and O–H groups in total. The maximum Gasteiger partial charge on any atom is 0.161 e. The molecule has 2 aliphatic heterocycles. The molecule has 0 amide bonds. The van der Waals surface area contributed by atoms with E-state index < -0.39 is 0 Å². The first kappa shape index (κ1) is 13.7. The summed E-state index contributed by atoms with van der Waals surface area (Å²) in [5.41, 5.74) is 1.03. The van der Waals surface area contributed by atoms with Crippen LogP contribution in [0.1, 0.15) is 37.7 Å². The van der Waals surface area contributed by atoms with Gasteiger partial charge < -0.3 is 14.2 Å². The molecule has 2 atom stereocenters. The first-order valence-electron chi connectivity index (χ1n) is 7.37. The van der Waals surface area contributed by atoms with Crippen molar-refractivity contribution in [2.24, 2.45) is 0 Å². The van der Waals surface area contributed by atoms with Crippen molar-refractivity contribution >= 4 is 0 Å². The quantitative estimate of drug-likeness (QED) is 0.898. The Kier molecular flexibility index (Phi) is 3.85. The van der Waals surface area contributed by atoms with E-state index in [0.29, 0.717) is 12.6 Å². The molecule has 2 heterocycles. The predicted molar refractivity (Wildman–Crippen MR) is 77.1 cm³/mol. The highest BCUT2D eigenvalue weighted by Gasteiger charge is 2.42. The standard InChI is InChI=1S/C16H23NO3/c1-18-14-6-5-12(10-15(14)19-2)11-20-16-8-3-4-13(17-16)7-9-16/h5-6,10,13,17H,3-4,7-9,11H2,1-2H3. The van der Waals surface area contributed by atoms with Crippen LogP contribution >= 0.6 is 0 Å². The molecule has 2 bridgehead atoms. The fourth-order valence-electron chi connectivity index (χ4n) is 3.35. The summed E-state index contributed by atoms with van der Waals surface area (Å²) in [6.07, 6.45) is 6.05. The first-order chi connectivity index (χ1) is 9.74. The second-order valence-corrected chi connectivity index (χ2v) is 5.74. The van der Waals surface area contributed by atoms with Crippen LogP contribution in [0.2, 0.25) is 0 Å². The van der Waals surface area contributed by atoms with Gasteiger partial charge in [0.15, 0.2) is 11.5 Å². The number of nitrogens with one attached hydrogen (secondary N) is 1. The van der Waals surface area contributed by atoms with Crippen LogP contribution in [-0.2, 0) is 11.3 Å². The van der Waals surface area contributed by atoms with E-state index in [1.807, 2.05) is 18.2 Å². The Bertz CT molecular complexity index is 473. The van der Waals surface area contributed by atoms with Crippen molar-refractivity contribution in [3.63, 3.8) is 0 Å². The molecule has 20 heavy (non-hydrogen) atoms. The number of hydrogen-bond donors (Lipinski definition) is 1. The number of rotatable bonds is 5. The monoisotopic (exact) mass is 277 g/mol. The van der Waals surface area contributed by atoms with Crippen LogP contribution < -0.4 is 14.8 Å². The molecule has 0 aromatic heterocycles. The van der Waals surface area contributed by atoms with Crippen molar-refractivity contribution in [1.29, 1.82) is 0 Å². The molecular weight excluding hydrogens is 254 g/mol. The van der Waals surface area contributed by atoms with Crippen LogP contribution in [-0.4, -0.2) is 26.0 Å². The Morgan fingerprint density at radius 3 is 2.80 bits per heavy atom. The second-order valence-electron chi connectivity index (χ2n) is 5.74. The maximum absolute atomic E-state index is 6.21. The summed E-state index contributed by atoms with van der Waals surface area (Å²) in [4.78, 5) is 0. The van der Waals surface area contributed by atoms with Gasteiger partial charge in [0, 0.05) is 6.04 Å². The summed E-state index contributed by atoms with van der Waals surface area (Å²) in [7, 11) is 3.31. The SMILES string of the molecule is COc1ccc(COC23CCCC(CC2)N3)cc1OC. The zero-order valence-electron chi connectivity index (χ0n) is 12.3. The Morgan fingerprint density at radius 2 is 2.00 bits per heavy atom. The van der Waals surface area contributed by atoms with E-state index in [9.17, 15) is 0 Å². The van der Waals surface area contributed by atoms with Gasteiger partial charge in [-0.2, -0.15) is 0 Å². The van der Waals surface area contributed by atoms with Crippen molar-refractivity contribution in [2.75, 3.05) is 14.2 Å². The zero-order valence-corrected chi connectivity index (χ0v) is 12.3. The highest BCUT2D eigenvalue weighted by molar-refractivity contribution is 5.42. The Labute approximate surface area is 120 Å². The van der Waals surface area contributed by atoms with Gasteiger partial charge in [0.25, 0.3) is 0 Å². The molecule has 0 saturated carbocycles. The number of hydrogen-bond acceptors (Lipinski definition) is 4. The average molecular weight is 277 g/mol. The second kappa shape index (κ2) is 5.62. The van der Waals surface area contributed by atoms with Gasteiger partial charge in [0.2, 0.25) is 0 Å². The lowest BCUT2D eigenvalue weighted by molar-refractivity contribution is -0.0860. The van der Waals surface area contributed by atoms with Crippen LogP contribution in [0.5, 0.6) is 11.5 Å². The van der Waals surface area contributed by atoms with Gasteiger partial charge in [-0.25, -0.2) is 0 Å². The summed E-state index contributed by atoms with van der Waals surface area (Å²) in [5, 5.41) is 3.65. The molecule has 110 valence electrons. The van der Waals surface area contributed by atoms with Crippen LogP contribution in [0.25, 0.3) is 0 Å². The van der Waals surface area contributed by atoms with Gasteiger partial charge in [0.05, 0.1) is 20.8 Å². The minimum Gasteiger partial charge on any atom is -0.493 e. The molecule has 3 rings (SSSR count). The van der Waals surface area contributed by atoms with Gasteiger partial charge in [-0.15, -0.1) is 0 Å². The number of methoxy groups -OCH3 is 2. The van der Waals surface area contributed by atoms with Crippen LogP contribution in [0.4, 0.5) is 0 Å². The lowest BCUT2D eigenvalue weighted by Crippen LogP contribution is -2.48. The fourth-order valence-corrected chi connectivity index (χ4v) is 3.35. The third-order valence-electron chi connectivity index (χ3n) is 4.46. The summed E-state index contributed by atoms with van der Waals surface area (Å²) < 4.78 is 16.8. The Hall–Kier alpha value is -1.26. The minimum atomic E-state index is -0.0872. The summed E-state index contributed by atoms with van der Waals surface area (Å²) in [5.74, 6) is 1.51. The highest BCUT2D eigenvalue weighted by atomic mass is 16.5. The molecule has 2 unspecified atom stereocenters. The average Bonchev–Trinajstić information content (AvgIpc) is 2.79. The molecular formula is C16H23NO3. The van der Waals surface area contributed by atoms with Crippen molar-refractivity contribution in [2.45, 2.75) is 50.5 Å². The number of fused-ring (bicyclic) bond motifs is 2. The van der Waals surface area contributed by atoms with Crippen molar-refractivity contribution in [1.82, 2.24) is 5.32 Å². The van der Waals surface area contributed by atoms with E-state index in [-0.39, 0.29) is 5.72 Å². The molecule has 2 aliphatic rings. The third-order valence-corrected chi connectivity index (χ3v) is 4.46. The van der Waals surface area contributed by atoms with Gasteiger partial charge in [0.1, 0.15) is 5.72 Å². The van der Waals surface area contributed by atoms with Crippen LogP contribution in [0, 0.1) is 0 Å². The van der Waals surface area contributed by atoms with Crippen molar-refractivity contribution < 1.29 is 14.2 Å². The van der Waals surface area contributed by atoms with Gasteiger partial charge in [-0.3, -0.25) is 5.32 Å². The largest absolute Gasteiger partial charge is 0.493 e. The minimum absolute atomic E-state index is 0.0872. The number of benzene rings is 1. The third kappa shape index (κ3) is 2.63. The summed E-state index contributed by atoms with van der Waals surface area (Å²) >= 11 is 0. The molecule has 2 fully saturated rings. The molecule has 1 aromatic carbocycles. The number of ether oxygens (including phenoxy) is 3. The smallest absolute Gasteiger partial charge is 0.161 e. The van der Waals surface area contributed by atoms with E-state index in [1.54, 1.807) is 14.2 Å². The molecule has 2 saturated heterocycles. The molecule has 0 spiro atoms. The molecule has 1 aromatic rings. The first-order valence-corrected chi connectivity index (χ1v) is 7.37. The molecule has 0 aliphatic carbocycles. The van der Waals surface area contributed by atoms with E-state index >= 15 is 0 Å². The fraction of sp³-hybridized carbons (Fsp3) is 0.625. The van der Waals surface area contributed by atoms with E-state index in [4.69, 9.17) is 14.2 Å². The summed E-state index contributed by atoms with van der Waals surface area (Å²) in [6.45, 7) is 0.611. The van der Waals surface area contributed by atoms with E-state index in [0.717, 1.165) is 29.9 Å². The zero-order chi connectivity index (χ0) is 14.0. The van der Waals surface area contributed by atoms with E-state index in [1.165, 1.54) is 19.3 Å². The maximum atomic E-state index is 6.21. The summed E-state index contributed by atoms with van der Waals surface area (Å²) in [6, 6.07) is 6.62. The number of piperidine rings is 1. The molecule has 4 heteroatoms. The predicted octanol–water partition coefficient (Wildman–Crippen LogP) is 2.85. The van der Waals surface area contributed by atoms with Crippen molar-refractivity contribution in [3.8, 4) is 11.5 Å². The van der Waals surface area contributed by atoms with E-state index in [2.05, 4.69) is 5.32 Å². The van der Waals surface area contributed by atoms with Gasteiger partial charge in [-0.05, 0) is 49.8 Å². The lowest BCUT2D eigenvalue weighted by Gasteiger charge is -2.34. The van der Waals surface area contributed by atoms with Gasteiger partial charge >= 0.3 is 0 Å². The topological polar surface area (TPSA) is 39.7 Å². The highest BCUT2D eigenvalue weighted by Crippen LogP contribution is 2.37. The van der Waals surface area contributed by atoms with Crippen molar-refractivity contribution in [3.05, 3.63) is 23.8 Å². The molecule has 0 radical (unpaired) electrons. The normalized spacial score (nSPS) is 28.4. The lowest BCUT2D eigenvalue weighted by atomic mass is 10.0. The molecule has 4 nitrogen and oxygen atoms in total. The van der Waals surface area contributed by atoms with Crippen LogP contribution in [0.3, 0.4) is 0 Å². The van der Waals surface area contributed by atoms with Crippen LogP contribution in [0.15, 0.2) is 18.2 Å². The Morgan fingerprint density at radius 1 is 1.15 bits per heavy atom. The van der Waals surface area contributed by atoms with Gasteiger partial charge in [-0.1, -0.05) is 6.07 Å². The Balaban J connectivity index is 1.66.